The molecule has 1 N–H and O–H groups in total. The van der Waals surface area contributed by atoms with Crippen molar-refractivity contribution in [3.63, 3.8) is 0 Å². The molecule has 1 fully saturated rings. The summed E-state index contributed by atoms with van der Waals surface area (Å²) in [7, 11) is 1.61. The lowest BCUT2D eigenvalue weighted by molar-refractivity contribution is 0.302. The highest BCUT2D eigenvalue weighted by atomic mass is 19.1. The van der Waals surface area contributed by atoms with E-state index in [0.717, 1.165) is 42.6 Å². The summed E-state index contributed by atoms with van der Waals surface area (Å²) in [5, 5.41) is 9.98. The maximum Gasteiger partial charge on any atom is 0.131 e. The van der Waals surface area contributed by atoms with E-state index in [2.05, 4.69) is 38.6 Å². The van der Waals surface area contributed by atoms with Crippen LogP contribution in [0.2, 0.25) is 0 Å². The Bertz CT molecular complexity index is 1340. The molecule has 0 saturated heterocycles. The average Bonchev–Trinajstić information content (AvgIpc) is 3.49. The second-order valence-corrected chi connectivity index (χ2v) is 11.8. The quantitative estimate of drug-likeness (QED) is 0.305. The smallest absolute Gasteiger partial charge is 0.131 e. The van der Waals surface area contributed by atoms with Crippen molar-refractivity contribution in [1.29, 1.82) is 0 Å². The zero-order chi connectivity index (χ0) is 27.0. The molecule has 0 aromatic heterocycles. The molecule has 0 bridgehead atoms. The number of halogens is 1. The van der Waals surface area contributed by atoms with Crippen molar-refractivity contribution in [3.8, 4) is 22.6 Å². The number of rotatable bonds is 8. The molecule has 3 aromatic rings. The Hall–Kier alpha value is -3.27. The maximum absolute atomic E-state index is 15.1. The molecule has 2 aliphatic carbocycles. The van der Waals surface area contributed by atoms with Gasteiger partial charge in [-0.25, -0.2) is 4.39 Å². The number of ether oxygens (including phenoxy) is 2. The van der Waals surface area contributed by atoms with Crippen LogP contribution in [0.25, 0.3) is 11.1 Å². The first-order valence-electron chi connectivity index (χ1n) is 13.8. The molecule has 3 aromatic carbocycles. The number of aliphatic hydroxyl groups is 1. The standard InChI is InChI=1S/C34H39FO3/c1-21(22(2)36)27-14-10-24-9-11-26(19-29(24)27)38-20-23-8-13-28(31-18-25(37-5)12-15-33(31)35)30(17-23)32-7-6-16-34(32,3)4/h8-9,11-13,15,17-19,21,27,32,36H,2,6-7,10,14,16,20H2,1,3-5H3/t21-,27+,32-/m1/s1. The zero-order valence-electron chi connectivity index (χ0n) is 23.0. The second kappa shape index (κ2) is 10.5. The molecule has 38 heavy (non-hydrogen) atoms. The molecule has 0 spiro atoms. The number of methoxy groups -OCH3 is 1. The van der Waals surface area contributed by atoms with Crippen molar-refractivity contribution in [2.24, 2.45) is 11.3 Å². The number of hydrogen-bond acceptors (Lipinski definition) is 3. The van der Waals surface area contributed by atoms with Crippen molar-refractivity contribution in [2.45, 2.75) is 71.3 Å². The van der Waals surface area contributed by atoms with E-state index in [4.69, 9.17) is 9.47 Å². The molecule has 0 heterocycles. The van der Waals surface area contributed by atoms with Crippen LogP contribution < -0.4 is 9.47 Å². The second-order valence-electron chi connectivity index (χ2n) is 11.8. The molecule has 3 nitrogen and oxygen atoms in total. The summed E-state index contributed by atoms with van der Waals surface area (Å²) in [6.07, 6.45) is 5.46. The van der Waals surface area contributed by atoms with Gasteiger partial charge in [0.25, 0.3) is 0 Å². The Morgan fingerprint density at radius 2 is 1.82 bits per heavy atom. The topological polar surface area (TPSA) is 38.7 Å². The van der Waals surface area contributed by atoms with Gasteiger partial charge in [0.15, 0.2) is 0 Å². The third kappa shape index (κ3) is 5.06. The number of hydrogen-bond donors (Lipinski definition) is 1. The summed E-state index contributed by atoms with van der Waals surface area (Å²) in [5.74, 6) is 2.12. The van der Waals surface area contributed by atoms with E-state index in [1.54, 1.807) is 19.2 Å². The van der Waals surface area contributed by atoms with Crippen LogP contribution in [0.3, 0.4) is 0 Å². The van der Waals surface area contributed by atoms with Crippen LogP contribution in [0, 0.1) is 17.2 Å². The Labute approximate surface area is 226 Å². The van der Waals surface area contributed by atoms with Gasteiger partial charge in [0, 0.05) is 11.5 Å². The van der Waals surface area contributed by atoms with E-state index in [9.17, 15) is 5.11 Å². The van der Waals surface area contributed by atoms with Gasteiger partial charge in [0.1, 0.15) is 23.9 Å². The number of fused-ring (bicyclic) bond motifs is 1. The molecule has 5 rings (SSSR count). The van der Waals surface area contributed by atoms with Crippen LogP contribution >= 0.6 is 0 Å². The summed E-state index contributed by atoms with van der Waals surface area (Å²) in [6, 6.07) is 17.6. The molecular weight excluding hydrogens is 475 g/mol. The molecule has 1 saturated carbocycles. The van der Waals surface area contributed by atoms with E-state index in [-0.39, 0.29) is 28.8 Å². The lowest BCUT2D eigenvalue weighted by atomic mass is 9.75. The SMILES string of the molecule is C=C(O)[C@@H](C)[C@@H]1CCc2ccc(OCc3ccc(-c4cc(OC)ccc4F)c([C@H]4CCCC4(C)C)c3)cc21. The number of aliphatic hydroxyl groups excluding tert-OH is 1. The number of aryl methyl sites for hydroxylation is 1. The fourth-order valence-corrected chi connectivity index (χ4v) is 6.60. The van der Waals surface area contributed by atoms with Crippen LogP contribution in [-0.4, -0.2) is 12.2 Å². The van der Waals surface area contributed by atoms with Crippen LogP contribution in [0.5, 0.6) is 11.5 Å². The van der Waals surface area contributed by atoms with Gasteiger partial charge in [-0.1, -0.05) is 58.0 Å². The summed E-state index contributed by atoms with van der Waals surface area (Å²) in [4.78, 5) is 0. The third-order valence-corrected chi connectivity index (χ3v) is 8.99. The van der Waals surface area contributed by atoms with Crippen LogP contribution in [0.15, 0.2) is 66.9 Å². The van der Waals surface area contributed by atoms with Gasteiger partial charge in [-0.15, -0.1) is 0 Å². The van der Waals surface area contributed by atoms with Gasteiger partial charge in [0.2, 0.25) is 0 Å². The number of benzene rings is 3. The molecule has 4 heteroatoms. The molecule has 0 unspecified atom stereocenters. The van der Waals surface area contributed by atoms with E-state index >= 15 is 4.39 Å². The van der Waals surface area contributed by atoms with Gasteiger partial charge in [-0.2, -0.15) is 0 Å². The van der Waals surface area contributed by atoms with Crippen LogP contribution in [0.4, 0.5) is 4.39 Å². The number of allylic oxidation sites excluding steroid dienone is 1. The monoisotopic (exact) mass is 514 g/mol. The largest absolute Gasteiger partial charge is 0.513 e. The van der Waals surface area contributed by atoms with Crippen molar-refractivity contribution in [3.05, 3.63) is 95.0 Å². The van der Waals surface area contributed by atoms with Gasteiger partial charge in [0.05, 0.1) is 12.9 Å². The molecule has 0 radical (unpaired) electrons. The first-order chi connectivity index (χ1) is 18.2. The summed E-state index contributed by atoms with van der Waals surface area (Å²) in [6.45, 7) is 10.9. The summed E-state index contributed by atoms with van der Waals surface area (Å²) < 4.78 is 26.8. The molecule has 200 valence electrons. The average molecular weight is 515 g/mol. The Balaban J connectivity index is 1.45. The molecule has 3 atom stereocenters. The van der Waals surface area contributed by atoms with E-state index in [1.807, 2.05) is 25.1 Å². The van der Waals surface area contributed by atoms with E-state index < -0.39 is 0 Å². The van der Waals surface area contributed by atoms with Crippen molar-refractivity contribution < 1.29 is 19.0 Å². The minimum Gasteiger partial charge on any atom is -0.513 e. The van der Waals surface area contributed by atoms with E-state index in [1.165, 1.54) is 29.2 Å². The van der Waals surface area contributed by atoms with Crippen molar-refractivity contribution in [1.82, 2.24) is 0 Å². The lowest BCUT2D eigenvalue weighted by Gasteiger charge is -2.30. The Morgan fingerprint density at radius 3 is 2.53 bits per heavy atom. The highest BCUT2D eigenvalue weighted by Crippen LogP contribution is 2.51. The fraction of sp³-hybridized carbons (Fsp3) is 0.412. The lowest BCUT2D eigenvalue weighted by Crippen LogP contribution is -2.17. The predicted octanol–water partition coefficient (Wildman–Crippen LogP) is 9.11. The molecule has 0 amide bonds. The normalized spacial score (nSPS) is 20.7. The predicted molar refractivity (Wildman–Crippen MR) is 152 cm³/mol. The van der Waals surface area contributed by atoms with Gasteiger partial charge >= 0.3 is 0 Å². The van der Waals surface area contributed by atoms with Gasteiger partial charge in [-0.05, 0) is 101 Å². The summed E-state index contributed by atoms with van der Waals surface area (Å²) >= 11 is 0. The minimum absolute atomic E-state index is 0.0216. The third-order valence-electron chi connectivity index (χ3n) is 8.99. The highest BCUT2D eigenvalue weighted by molar-refractivity contribution is 5.71. The Kier molecular flexibility index (Phi) is 7.26. The zero-order valence-corrected chi connectivity index (χ0v) is 23.0. The molecular formula is C34H39FO3. The van der Waals surface area contributed by atoms with Crippen molar-refractivity contribution >= 4 is 0 Å². The summed E-state index contributed by atoms with van der Waals surface area (Å²) in [5.41, 5.74) is 6.50. The minimum atomic E-state index is -0.237. The van der Waals surface area contributed by atoms with E-state index in [0.29, 0.717) is 23.8 Å². The first-order valence-corrected chi connectivity index (χ1v) is 13.8. The molecule has 0 aliphatic heterocycles. The van der Waals surface area contributed by atoms with Crippen LogP contribution in [-0.2, 0) is 13.0 Å². The maximum atomic E-state index is 15.1. The Morgan fingerprint density at radius 1 is 1.03 bits per heavy atom. The van der Waals surface area contributed by atoms with Crippen LogP contribution in [0.1, 0.15) is 80.5 Å². The van der Waals surface area contributed by atoms with Gasteiger partial charge < -0.3 is 14.6 Å². The van der Waals surface area contributed by atoms with Crippen molar-refractivity contribution in [2.75, 3.05) is 7.11 Å². The first kappa shape index (κ1) is 26.3. The van der Waals surface area contributed by atoms with Gasteiger partial charge in [-0.3, -0.25) is 0 Å². The fourth-order valence-electron chi connectivity index (χ4n) is 6.60. The highest BCUT2D eigenvalue weighted by Gasteiger charge is 2.37. The molecule has 2 aliphatic rings.